The lowest BCUT2D eigenvalue weighted by atomic mass is 10.0. The number of hydrogen-bond acceptors (Lipinski definition) is 6. The normalized spacial score (nSPS) is 18.6. The molecule has 3 aromatic rings. The van der Waals surface area contributed by atoms with Crippen molar-refractivity contribution in [3.05, 3.63) is 93.3 Å². The average Bonchev–Trinajstić information content (AvgIpc) is 3.48. The van der Waals surface area contributed by atoms with Gasteiger partial charge in [-0.15, -0.1) is 11.3 Å². The number of carbonyl (C=O) groups excluding carboxylic acids is 3. The standard InChI is InChI=1S/C33H36Cl2N4O5S2/c1-21(2)18-26(36-31(40)28-19-23-10-6-7-11-27(23)45-28)32(41)38-14-16-39(17-15-38)33(42)30(22-8-4-3-5-9-22)37-46(43,44)29-13-12-24(34)20-25(29)35/h3-12,19-21,26,29-30,37H,13-18H2,1-2H3,(H,36,40)/t26-,29?,30-/m0/s1. The maximum atomic E-state index is 13.9. The van der Waals surface area contributed by atoms with E-state index < -0.39 is 33.3 Å². The molecule has 1 saturated heterocycles. The first-order valence-corrected chi connectivity index (χ1v) is 18.2. The number of fused-ring (bicyclic) bond motifs is 1. The van der Waals surface area contributed by atoms with E-state index >= 15 is 0 Å². The van der Waals surface area contributed by atoms with Crippen molar-refractivity contribution >= 4 is 72.4 Å². The van der Waals surface area contributed by atoms with Gasteiger partial charge in [0.05, 0.1) is 4.88 Å². The Morgan fingerprint density at radius 1 is 0.935 bits per heavy atom. The molecule has 1 aromatic heterocycles. The van der Waals surface area contributed by atoms with E-state index in [1.165, 1.54) is 17.4 Å². The molecule has 5 rings (SSSR count). The van der Waals surface area contributed by atoms with E-state index in [1.54, 1.807) is 46.2 Å². The number of piperazine rings is 1. The van der Waals surface area contributed by atoms with Crippen LogP contribution in [-0.4, -0.2) is 73.4 Å². The molecule has 1 fully saturated rings. The molecule has 2 aromatic carbocycles. The minimum atomic E-state index is -4.08. The molecule has 0 radical (unpaired) electrons. The number of amides is 3. The Bertz CT molecular complexity index is 1730. The molecule has 244 valence electrons. The van der Waals surface area contributed by atoms with E-state index in [2.05, 4.69) is 10.0 Å². The fourth-order valence-electron chi connectivity index (χ4n) is 5.61. The van der Waals surface area contributed by atoms with Crippen LogP contribution in [0.4, 0.5) is 0 Å². The van der Waals surface area contributed by atoms with E-state index in [0.717, 1.165) is 10.1 Å². The first-order chi connectivity index (χ1) is 21.9. The summed E-state index contributed by atoms with van der Waals surface area (Å²) in [7, 11) is -4.08. The van der Waals surface area contributed by atoms with Crippen LogP contribution in [0.25, 0.3) is 10.1 Å². The maximum absolute atomic E-state index is 13.9. The first-order valence-electron chi connectivity index (χ1n) is 15.1. The summed E-state index contributed by atoms with van der Waals surface area (Å²) < 4.78 is 30.5. The van der Waals surface area contributed by atoms with Crippen LogP contribution in [0.15, 0.2) is 82.9 Å². The molecular weight excluding hydrogens is 667 g/mol. The number of halogens is 2. The monoisotopic (exact) mass is 702 g/mol. The largest absolute Gasteiger partial charge is 0.340 e. The van der Waals surface area contributed by atoms with Crippen LogP contribution in [0.5, 0.6) is 0 Å². The zero-order valence-electron chi connectivity index (χ0n) is 25.5. The number of nitrogens with one attached hydrogen (secondary N) is 2. The van der Waals surface area contributed by atoms with Crippen molar-refractivity contribution in [2.45, 2.75) is 44.0 Å². The lowest BCUT2D eigenvalue weighted by Crippen LogP contribution is -2.57. The highest BCUT2D eigenvalue weighted by molar-refractivity contribution is 7.90. The van der Waals surface area contributed by atoms with Crippen molar-refractivity contribution in [1.29, 1.82) is 0 Å². The van der Waals surface area contributed by atoms with E-state index in [1.807, 2.05) is 44.2 Å². The second-order valence-electron chi connectivity index (χ2n) is 11.8. The van der Waals surface area contributed by atoms with Crippen molar-refractivity contribution in [1.82, 2.24) is 19.8 Å². The summed E-state index contributed by atoms with van der Waals surface area (Å²) in [6.07, 6.45) is 3.51. The SMILES string of the molecule is CC(C)C[C@H](NC(=O)c1cc2ccccc2s1)C(=O)N1CCN(C(=O)[C@@H](NS(=O)(=O)C2CC=C(Cl)C=C2Cl)c2ccccc2)CC1. The Balaban J connectivity index is 1.26. The second-order valence-corrected chi connectivity index (χ2v) is 15.7. The third kappa shape index (κ3) is 8.01. The number of sulfonamides is 1. The van der Waals surface area contributed by atoms with Gasteiger partial charge < -0.3 is 15.1 Å². The lowest BCUT2D eigenvalue weighted by Gasteiger charge is -2.38. The summed E-state index contributed by atoms with van der Waals surface area (Å²) >= 11 is 13.6. The summed E-state index contributed by atoms with van der Waals surface area (Å²) in [6, 6.07) is 16.3. The smallest absolute Gasteiger partial charge is 0.262 e. The molecule has 1 aliphatic heterocycles. The molecule has 46 heavy (non-hydrogen) atoms. The summed E-state index contributed by atoms with van der Waals surface area (Å²) in [5.74, 6) is -0.778. The van der Waals surface area contributed by atoms with Gasteiger partial charge >= 0.3 is 0 Å². The number of allylic oxidation sites excluding steroid dienone is 3. The van der Waals surface area contributed by atoms with Crippen molar-refractivity contribution in [2.24, 2.45) is 5.92 Å². The highest BCUT2D eigenvalue weighted by atomic mass is 35.5. The van der Waals surface area contributed by atoms with Crippen molar-refractivity contribution in [3.8, 4) is 0 Å². The van der Waals surface area contributed by atoms with Crippen LogP contribution in [0.2, 0.25) is 0 Å². The Morgan fingerprint density at radius 3 is 2.20 bits per heavy atom. The van der Waals surface area contributed by atoms with E-state index in [4.69, 9.17) is 23.2 Å². The third-order valence-corrected chi connectivity index (χ3v) is 11.6. The fourth-order valence-corrected chi connectivity index (χ4v) is 8.84. The summed E-state index contributed by atoms with van der Waals surface area (Å²) in [5, 5.41) is 3.28. The van der Waals surface area contributed by atoms with Crippen LogP contribution in [0.3, 0.4) is 0 Å². The van der Waals surface area contributed by atoms with Gasteiger partial charge in [0.25, 0.3) is 5.91 Å². The number of rotatable bonds is 10. The van der Waals surface area contributed by atoms with Crippen molar-refractivity contribution < 1.29 is 22.8 Å². The van der Waals surface area contributed by atoms with Crippen LogP contribution in [0, 0.1) is 5.92 Å². The molecule has 0 bridgehead atoms. The predicted octanol–water partition coefficient (Wildman–Crippen LogP) is 5.40. The van der Waals surface area contributed by atoms with Gasteiger partial charge in [-0.25, -0.2) is 8.42 Å². The number of benzene rings is 2. The van der Waals surface area contributed by atoms with Crippen LogP contribution >= 0.6 is 34.5 Å². The van der Waals surface area contributed by atoms with Gasteiger partial charge in [-0.05, 0) is 47.9 Å². The molecule has 9 nitrogen and oxygen atoms in total. The molecule has 0 saturated carbocycles. The van der Waals surface area contributed by atoms with E-state index in [9.17, 15) is 22.8 Å². The number of hydrogen-bond donors (Lipinski definition) is 2. The molecule has 13 heteroatoms. The maximum Gasteiger partial charge on any atom is 0.262 e. The van der Waals surface area contributed by atoms with E-state index in [-0.39, 0.29) is 55.4 Å². The molecule has 1 unspecified atom stereocenters. The van der Waals surface area contributed by atoms with Gasteiger partial charge in [0.2, 0.25) is 21.8 Å². The lowest BCUT2D eigenvalue weighted by molar-refractivity contribution is -0.141. The molecule has 2 heterocycles. The molecular formula is C33H36Cl2N4O5S2. The molecule has 3 atom stereocenters. The summed E-state index contributed by atoms with van der Waals surface area (Å²) in [4.78, 5) is 44.6. The molecule has 2 aliphatic rings. The Labute approximate surface area is 283 Å². The minimum Gasteiger partial charge on any atom is -0.340 e. The molecule has 2 N–H and O–H groups in total. The Morgan fingerprint density at radius 2 is 1.57 bits per heavy atom. The average molecular weight is 704 g/mol. The molecule has 3 amide bonds. The van der Waals surface area contributed by atoms with Gasteiger partial charge in [-0.3, -0.25) is 14.4 Å². The predicted molar refractivity (Wildman–Crippen MR) is 183 cm³/mol. The second kappa shape index (κ2) is 14.7. The van der Waals surface area contributed by atoms with Gasteiger partial charge in [0, 0.05) is 40.9 Å². The van der Waals surface area contributed by atoms with Gasteiger partial charge in [-0.1, -0.05) is 91.7 Å². The quantitative estimate of drug-likeness (QED) is 0.294. The van der Waals surface area contributed by atoms with E-state index in [0.29, 0.717) is 21.9 Å². The number of carbonyl (C=O) groups is 3. The number of thiophene rings is 1. The Hall–Kier alpha value is -3.22. The highest BCUT2D eigenvalue weighted by Gasteiger charge is 2.38. The van der Waals surface area contributed by atoms with Gasteiger partial charge in [0.1, 0.15) is 17.3 Å². The highest BCUT2D eigenvalue weighted by Crippen LogP contribution is 2.30. The van der Waals surface area contributed by atoms with Crippen LogP contribution in [0.1, 0.15) is 48.0 Å². The zero-order chi connectivity index (χ0) is 33.0. The summed E-state index contributed by atoms with van der Waals surface area (Å²) in [5.41, 5.74) is 0.486. The molecule has 0 spiro atoms. The van der Waals surface area contributed by atoms with Gasteiger partial charge in [0.15, 0.2) is 0 Å². The zero-order valence-corrected chi connectivity index (χ0v) is 28.6. The summed E-state index contributed by atoms with van der Waals surface area (Å²) in [6.45, 7) is 4.88. The third-order valence-electron chi connectivity index (χ3n) is 8.01. The van der Waals surface area contributed by atoms with Crippen LogP contribution in [-0.2, 0) is 19.6 Å². The fraction of sp³-hybridized carbons (Fsp3) is 0.364. The first kappa shape index (κ1) is 34.1. The number of nitrogens with zero attached hydrogens (tertiary/aromatic N) is 2. The Kier molecular flexibility index (Phi) is 10.9. The molecule has 1 aliphatic carbocycles. The van der Waals surface area contributed by atoms with Crippen molar-refractivity contribution in [2.75, 3.05) is 26.2 Å². The van der Waals surface area contributed by atoms with Gasteiger partial charge in [-0.2, -0.15) is 4.72 Å². The van der Waals surface area contributed by atoms with Crippen molar-refractivity contribution in [3.63, 3.8) is 0 Å². The minimum absolute atomic E-state index is 0.0711. The topological polar surface area (TPSA) is 116 Å². The van der Waals surface area contributed by atoms with Crippen LogP contribution < -0.4 is 10.0 Å².